The van der Waals surface area contributed by atoms with Crippen molar-refractivity contribution in [3.05, 3.63) is 0 Å². The second-order valence-electron chi connectivity index (χ2n) is 3.76. The summed E-state index contributed by atoms with van der Waals surface area (Å²) in [5.41, 5.74) is 0.147. The first-order valence-electron chi connectivity index (χ1n) is 3.92. The Bertz CT molecular complexity index is 180. The van der Waals surface area contributed by atoms with Gasteiger partial charge in [0.15, 0.2) is 6.19 Å². The molecule has 0 bridgehead atoms. The lowest BCUT2D eigenvalue weighted by atomic mass is 10.0. The molecule has 1 heterocycles. The van der Waals surface area contributed by atoms with Gasteiger partial charge in [-0.2, -0.15) is 5.26 Å². The standard InChI is InChI=1S/C8H15N3/c1-8(2)6-11(7-9)5-4-10(8)3/h4-6H2,1-3H3. The monoisotopic (exact) mass is 153 g/mol. The summed E-state index contributed by atoms with van der Waals surface area (Å²) in [5, 5.41) is 8.67. The predicted octanol–water partition coefficient (Wildman–Crippen LogP) is 0.493. The minimum Gasteiger partial charge on any atom is -0.308 e. The molecule has 1 aliphatic rings. The van der Waals surface area contributed by atoms with Gasteiger partial charge in [-0.3, -0.25) is 4.90 Å². The Morgan fingerprint density at radius 2 is 2.00 bits per heavy atom. The van der Waals surface area contributed by atoms with E-state index in [0.717, 1.165) is 19.6 Å². The minimum atomic E-state index is 0.147. The Hall–Kier alpha value is -0.750. The third-order valence-corrected chi connectivity index (χ3v) is 2.46. The van der Waals surface area contributed by atoms with Crippen molar-refractivity contribution in [1.29, 1.82) is 5.26 Å². The van der Waals surface area contributed by atoms with Gasteiger partial charge < -0.3 is 4.90 Å². The van der Waals surface area contributed by atoms with Gasteiger partial charge in [-0.05, 0) is 20.9 Å². The highest BCUT2D eigenvalue weighted by atomic mass is 15.3. The summed E-state index contributed by atoms with van der Waals surface area (Å²) in [4.78, 5) is 4.11. The van der Waals surface area contributed by atoms with Crippen molar-refractivity contribution in [1.82, 2.24) is 9.80 Å². The maximum absolute atomic E-state index is 8.67. The molecule has 1 rings (SSSR count). The maximum Gasteiger partial charge on any atom is 0.179 e. The van der Waals surface area contributed by atoms with Gasteiger partial charge in [0.25, 0.3) is 0 Å². The Morgan fingerprint density at radius 1 is 1.36 bits per heavy atom. The zero-order valence-corrected chi connectivity index (χ0v) is 7.46. The molecule has 0 spiro atoms. The molecule has 3 heteroatoms. The quantitative estimate of drug-likeness (QED) is 0.474. The van der Waals surface area contributed by atoms with Crippen LogP contribution in [0.5, 0.6) is 0 Å². The van der Waals surface area contributed by atoms with Crippen LogP contribution in [-0.4, -0.2) is 42.0 Å². The molecule has 0 atom stereocenters. The van der Waals surface area contributed by atoms with E-state index in [1.165, 1.54) is 0 Å². The van der Waals surface area contributed by atoms with Gasteiger partial charge in [-0.15, -0.1) is 0 Å². The first-order valence-corrected chi connectivity index (χ1v) is 3.92. The number of rotatable bonds is 0. The van der Waals surface area contributed by atoms with Crippen molar-refractivity contribution in [2.45, 2.75) is 19.4 Å². The van der Waals surface area contributed by atoms with Crippen LogP contribution in [0.4, 0.5) is 0 Å². The summed E-state index contributed by atoms with van der Waals surface area (Å²) in [6.07, 6.45) is 2.19. The zero-order valence-electron chi connectivity index (χ0n) is 7.46. The molecule has 62 valence electrons. The average molecular weight is 153 g/mol. The minimum absolute atomic E-state index is 0.147. The van der Waals surface area contributed by atoms with E-state index in [-0.39, 0.29) is 5.54 Å². The number of hydrogen-bond acceptors (Lipinski definition) is 3. The lowest BCUT2D eigenvalue weighted by Gasteiger charge is -2.43. The van der Waals surface area contributed by atoms with E-state index in [2.05, 4.69) is 32.0 Å². The number of likely N-dealkylation sites (N-methyl/N-ethyl adjacent to an activating group) is 1. The van der Waals surface area contributed by atoms with E-state index in [1.54, 1.807) is 0 Å². The van der Waals surface area contributed by atoms with Crippen LogP contribution in [0.3, 0.4) is 0 Å². The summed E-state index contributed by atoms with van der Waals surface area (Å²) in [7, 11) is 2.11. The smallest absolute Gasteiger partial charge is 0.179 e. The van der Waals surface area contributed by atoms with Crippen LogP contribution in [0, 0.1) is 11.5 Å². The Labute approximate surface area is 68.2 Å². The molecule has 0 aromatic heterocycles. The van der Waals surface area contributed by atoms with E-state index in [4.69, 9.17) is 5.26 Å². The maximum atomic E-state index is 8.67. The van der Waals surface area contributed by atoms with Crippen molar-refractivity contribution < 1.29 is 0 Å². The van der Waals surface area contributed by atoms with Crippen LogP contribution in [0.2, 0.25) is 0 Å². The number of hydrogen-bond donors (Lipinski definition) is 0. The topological polar surface area (TPSA) is 30.3 Å². The lowest BCUT2D eigenvalue weighted by Crippen LogP contribution is -2.56. The first-order chi connectivity index (χ1) is 5.06. The molecule has 0 N–H and O–H groups in total. The van der Waals surface area contributed by atoms with Crippen molar-refractivity contribution in [3.63, 3.8) is 0 Å². The number of piperazine rings is 1. The van der Waals surface area contributed by atoms with Crippen LogP contribution in [0.25, 0.3) is 0 Å². The van der Waals surface area contributed by atoms with Gasteiger partial charge in [0.05, 0.1) is 0 Å². The lowest BCUT2D eigenvalue weighted by molar-refractivity contribution is 0.0684. The summed E-state index contributed by atoms with van der Waals surface area (Å²) < 4.78 is 0. The zero-order chi connectivity index (χ0) is 8.48. The van der Waals surface area contributed by atoms with Crippen molar-refractivity contribution in [2.24, 2.45) is 0 Å². The normalized spacial score (nSPS) is 24.7. The summed E-state index contributed by atoms with van der Waals surface area (Å²) >= 11 is 0. The number of nitriles is 1. The number of nitrogens with zero attached hydrogens (tertiary/aromatic N) is 3. The van der Waals surface area contributed by atoms with E-state index in [1.807, 2.05) is 4.90 Å². The van der Waals surface area contributed by atoms with Crippen molar-refractivity contribution in [2.75, 3.05) is 26.7 Å². The van der Waals surface area contributed by atoms with E-state index in [0.29, 0.717) is 0 Å². The molecule has 0 unspecified atom stereocenters. The fraction of sp³-hybridized carbons (Fsp3) is 0.875. The third-order valence-electron chi connectivity index (χ3n) is 2.46. The third kappa shape index (κ3) is 1.63. The van der Waals surface area contributed by atoms with Gasteiger partial charge in [-0.1, -0.05) is 0 Å². The molecule has 1 saturated heterocycles. The van der Waals surface area contributed by atoms with Crippen LogP contribution in [0.15, 0.2) is 0 Å². The van der Waals surface area contributed by atoms with Gasteiger partial charge >= 0.3 is 0 Å². The first kappa shape index (κ1) is 8.35. The fourth-order valence-electron chi connectivity index (χ4n) is 1.33. The predicted molar refractivity (Wildman–Crippen MR) is 43.9 cm³/mol. The molecule has 0 radical (unpaired) electrons. The van der Waals surface area contributed by atoms with E-state index in [9.17, 15) is 0 Å². The SMILES string of the molecule is CN1CCN(C#N)CC1(C)C. The van der Waals surface area contributed by atoms with Crippen molar-refractivity contribution >= 4 is 0 Å². The van der Waals surface area contributed by atoms with E-state index >= 15 is 0 Å². The van der Waals surface area contributed by atoms with Crippen LogP contribution >= 0.6 is 0 Å². The molecule has 11 heavy (non-hydrogen) atoms. The molecule has 0 aromatic carbocycles. The van der Waals surface area contributed by atoms with Crippen LogP contribution in [-0.2, 0) is 0 Å². The molecule has 0 aromatic rings. The largest absolute Gasteiger partial charge is 0.308 e. The highest BCUT2D eigenvalue weighted by Gasteiger charge is 2.30. The molecule has 1 fully saturated rings. The van der Waals surface area contributed by atoms with E-state index < -0.39 is 0 Å². The molecule has 1 aliphatic heterocycles. The molecular weight excluding hydrogens is 138 g/mol. The Kier molecular flexibility index (Phi) is 2.05. The fourth-order valence-corrected chi connectivity index (χ4v) is 1.33. The van der Waals surface area contributed by atoms with Gasteiger partial charge in [0.1, 0.15) is 0 Å². The molecule has 0 amide bonds. The van der Waals surface area contributed by atoms with Gasteiger partial charge in [0.2, 0.25) is 0 Å². The van der Waals surface area contributed by atoms with Gasteiger partial charge in [-0.25, -0.2) is 0 Å². The summed E-state index contributed by atoms with van der Waals surface area (Å²) in [5.74, 6) is 0. The highest BCUT2D eigenvalue weighted by molar-refractivity contribution is 4.92. The molecule has 0 saturated carbocycles. The average Bonchev–Trinajstić information content (AvgIpc) is 1.95. The Balaban J connectivity index is 2.61. The second-order valence-corrected chi connectivity index (χ2v) is 3.76. The molecule has 3 nitrogen and oxygen atoms in total. The second kappa shape index (κ2) is 2.71. The summed E-state index contributed by atoms with van der Waals surface area (Å²) in [6.45, 7) is 7.03. The molecule has 0 aliphatic carbocycles. The molecular formula is C8H15N3. The van der Waals surface area contributed by atoms with Crippen molar-refractivity contribution in [3.8, 4) is 6.19 Å². The van der Waals surface area contributed by atoms with Gasteiger partial charge in [0, 0.05) is 25.2 Å². The van der Waals surface area contributed by atoms with Crippen LogP contribution in [0.1, 0.15) is 13.8 Å². The van der Waals surface area contributed by atoms with Crippen LogP contribution < -0.4 is 0 Å². The highest BCUT2D eigenvalue weighted by Crippen LogP contribution is 2.17. The Morgan fingerprint density at radius 3 is 2.45 bits per heavy atom. The summed E-state index contributed by atoms with van der Waals surface area (Å²) in [6, 6.07) is 0.